The summed E-state index contributed by atoms with van der Waals surface area (Å²) in [5, 5.41) is 2.72. The van der Waals surface area contributed by atoms with Gasteiger partial charge in [0.2, 0.25) is 5.91 Å². The molecule has 80 valence electrons. The Bertz CT molecular complexity index is 209. The van der Waals surface area contributed by atoms with Crippen molar-refractivity contribution in [1.29, 1.82) is 0 Å². The lowest BCUT2D eigenvalue weighted by atomic mass is 10.2. The van der Waals surface area contributed by atoms with E-state index in [2.05, 4.69) is 12.2 Å². The van der Waals surface area contributed by atoms with Crippen LogP contribution < -0.4 is 5.32 Å². The SMILES string of the molecule is CCCCCCNC(=O)/C=C\C(C)=O. The summed E-state index contributed by atoms with van der Waals surface area (Å²) in [6, 6.07) is 0. The van der Waals surface area contributed by atoms with Crippen molar-refractivity contribution in [2.24, 2.45) is 0 Å². The summed E-state index contributed by atoms with van der Waals surface area (Å²) < 4.78 is 0. The molecule has 0 saturated carbocycles. The van der Waals surface area contributed by atoms with Gasteiger partial charge in [0.1, 0.15) is 0 Å². The molecule has 0 aliphatic rings. The van der Waals surface area contributed by atoms with Crippen LogP contribution in [0.25, 0.3) is 0 Å². The molecule has 0 unspecified atom stereocenters. The number of nitrogens with one attached hydrogen (secondary N) is 1. The van der Waals surface area contributed by atoms with Crippen molar-refractivity contribution in [1.82, 2.24) is 5.32 Å². The second-order valence-electron chi connectivity index (χ2n) is 3.30. The standard InChI is InChI=1S/C11H19NO2/c1-3-4-5-6-9-12-11(14)8-7-10(2)13/h7-8H,3-6,9H2,1-2H3,(H,12,14)/b8-7-. The Morgan fingerprint density at radius 1 is 1.14 bits per heavy atom. The molecule has 0 spiro atoms. The van der Waals surface area contributed by atoms with Gasteiger partial charge in [-0.05, 0) is 19.4 Å². The summed E-state index contributed by atoms with van der Waals surface area (Å²) in [4.78, 5) is 21.5. The molecule has 1 N–H and O–H groups in total. The van der Waals surface area contributed by atoms with Crippen LogP contribution in [0.4, 0.5) is 0 Å². The maximum Gasteiger partial charge on any atom is 0.244 e. The normalized spacial score (nSPS) is 10.4. The monoisotopic (exact) mass is 197 g/mol. The summed E-state index contributed by atoms with van der Waals surface area (Å²) in [7, 11) is 0. The van der Waals surface area contributed by atoms with E-state index in [4.69, 9.17) is 0 Å². The van der Waals surface area contributed by atoms with Crippen molar-refractivity contribution >= 4 is 11.7 Å². The van der Waals surface area contributed by atoms with E-state index in [1.165, 1.54) is 31.9 Å². The van der Waals surface area contributed by atoms with E-state index in [1.54, 1.807) is 0 Å². The molecule has 0 aliphatic carbocycles. The summed E-state index contributed by atoms with van der Waals surface area (Å²) in [5.41, 5.74) is 0. The molecule has 1 amide bonds. The van der Waals surface area contributed by atoms with Gasteiger partial charge in [0.25, 0.3) is 0 Å². The number of hydrogen-bond acceptors (Lipinski definition) is 2. The number of ketones is 1. The van der Waals surface area contributed by atoms with Crippen molar-refractivity contribution in [2.45, 2.75) is 39.5 Å². The lowest BCUT2D eigenvalue weighted by molar-refractivity contribution is -0.117. The van der Waals surface area contributed by atoms with Crippen LogP contribution in [-0.2, 0) is 9.59 Å². The smallest absolute Gasteiger partial charge is 0.244 e. The van der Waals surface area contributed by atoms with E-state index < -0.39 is 0 Å². The molecule has 0 aromatic carbocycles. The van der Waals surface area contributed by atoms with Gasteiger partial charge in [-0.3, -0.25) is 9.59 Å². The molecule has 14 heavy (non-hydrogen) atoms. The zero-order chi connectivity index (χ0) is 10.8. The van der Waals surface area contributed by atoms with Crippen LogP contribution in [0.1, 0.15) is 39.5 Å². The molecular weight excluding hydrogens is 178 g/mol. The predicted octanol–water partition coefficient (Wildman–Crippen LogP) is 1.83. The number of unbranched alkanes of at least 4 members (excludes halogenated alkanes) is 3. The maximum atomic E-state index is 11.0. The van der Waals surface area contributed by atoms with Crippen molar-refractivity contribution in [3.8, 4) is 0 Å². The third kappa shape index (κ3) is 8.97. The molecule has 0 fully saturated rings. The fraction of sp³-hybridized carbons (Fsp3) is 0.636. The molecule has 0 atom stereocenters. The molecule has 0 heterocycles. The number of amides is 1. The zero-order valence-electron chi connectivity index (χ0n) is 9.01. The second kappa shape index (κ2) is 8.48. The van der Waals surface area contributed by atoms with Gasteiger partial charge < -0.3 is 5.32 Å². The third-order valence-corrected chi connectivity index (χ3v) is 1.80. The fourth-order valence-electron chi connectivity index (χ4n) is 1.02. The van der Waals surface area contributed by atoms with Crippen LogP contribution in [0.15, 0.2) is 12.2 Å². The highest BCUT2D eigenvalue weighted by Crippen LogP contribution is 1.96. The molecule has 0 aromatic heterocycles. The lowest BCUT2D eigenvalue weighted by Crippen LogP contribution is -2.22. The Morgan fingerprint density at radius 2 is 1.86 bits per heavy atom. The summed E-state index contributed by atoms with van der Waals surface area (Å²) >= 11 is 0. The minimum absolute atomic E-state index is 0.105. The van der Waals surface area contributed by atoms with E-state index in [0.29, 0.717) is 6.54 Å². The molecule has 0 aromatic rings. The number of carbonyl (C=O) groups is 2. The number of carbonyl (C=O) groups excluding carboxylic acids is 2. The van der Waals surface area contributed by atoms with Crippen molar-refractivity contribution in [3.05, 3.63) is 12.2 Å². The van der Waals surface area contributed by atoms with Gasteiger partial charge in [0.15, 0.2) is 5.78 Å². The largest absolute Gasteiger partial charge is 0.353 e. The van der Waals surface area contributed by atoms with Crippen LogP contribution in [0.3, 0.4) is 0 Å². The first-order valence-corrected chi connectivity index (χ1v) is 5.13. The van der Waals surface area contributed by atoms with Gasteiger partial charge in [-0.2, -0.15) is 0 Å². The average Bonchev–Trinajstić information content (AvgIpc) is 2.14. The highest BCUT2D eigenvalue weighted by atomic mass is 16.1. The van der Waals surface area contributed by atoms with Crippen LogP contribution >= 0.6 is 0 Å². The molecule has 0 radical (unpaired) electrons. The second-order valence-corrected chi connectivity index (χ2v) is 3.30. The molecule has 0 saturated heterocycles. The Hall–Kier alpha value is -1.12. The first kappa shape index (κ1) is 12.9. The minimum atomic E-state index is -0.184. The van der Waals surface area contributed by atoms with Gasteiger partial charge in [0, 0.05) is 12.6 Å². The van der Waals surface area contributed by atoms with Crippen molar-refractivity contribution in [3.63, 3.8) is 0 Å². The molecule has 3 nitrogen and oxygen atoms in total. The van der Waals surface area contributed by atoms with Crippen LogP contribution in [0.5, 0.6) is 0 Å². The quantitative estimate of drug-likeness (QED) is 0.500. The van der Waals surface area contributed by atoms with Crippen molar-refractivity contribution < 1.29 is 9.59 Å². The summed E-state index contributed by atoms with van der Waals surface area (Å²) in [6.45, 7) is 4.26. The zero-order valence-corrected chi connectivity index (χ0v) is 9.01. The Labute approximate surface area is 85.6 Å². The number of rotatable bonds is 7. The Balaban J connectivity index is 3.40. The van der Waals surface area contributed by atoms with Gasteiger partial charge in [-0.25, -0.2) is 0 Å². The molecule has 0 bridgehead atoms. The predicted molar refractivity (Wildman–Crippen MR) is 57.0 cm³/mol. The highest BCUT2D eigenvalue weighted by Gasteiger charge is 1.94. The van der Waals surface area contributed by atoms with E-state index in [9.17, 15) is 9.59 Å². The van der Waals surface area contributed by atoms with Crippen molar-refractivity contribution in [2.75, 3.05) is 6.54 Å². The van der Waals surface area contributed by atoms with Crippen LogP contribution in [-0.4, -0.2) is 18.2 Å². The Morgan fingerprint density at radius 3 is 2.43 bits per heavy atom. The molecule has 3 heteroatoms. The van der Waals surface area contributed by atoms with E-state index in [0.717, 1.165) is 12.8 Å². The van der Waals surface area contributed by atoms with Gasteiger partial charge >= 0.3 is 0 Å². The highest BCUT2D eigenvalue weighted by molar-refractivity contribution is 5.96. The first-order valence-electron chi connectivity index (χ1n) is 5.13. The molecule has 0 rings (SSSR count). The molecular formula is C11H19NO2. The van der Waals surface area contributed by atoms with E-state index >= 15 is 0 Å². The maximum absolute atomic E-state index is 11.0. The van der Waals surface area contributed by atoms with Gasteiger partial charge in [-0.1, -0.05) is 26.2 Å². The topological polar surface area (TPSA) is 46.2 Å². The Kier molecular flexibility index (Phi) is 7.80. The van der Waals surface area contributed by atoms with Crippen LogP contribution in [0.2, 0.25) is 0 Å². The first-order chi connectivity index (χ1) is 6.66. The third-order valence-electron chi connectivity index (χ3n) is 1.80. The average molecular weight is 197 g/mol. The lowest BCUT2D eigenvalue weighted by Gasteiger charge is -2.00. The summed E-state index contributed by atoms with van der Waals surface area (Å²) in [6.07, 6.45) is 7.11. The number of allylic oxidation sites excluding steroid dienone is 1. The van der Waals surface area contributed by atoms with Gasteiger partial charge in [0.05, 0.1) is 0 Å². The fourth-order valence-corrected chi connectivity index (χ4v) is 1.02. The van der Waals surface area contributed by atoms with Crippen LogP contribution in [0, 0.1) is 0 Å². The van der Waals surface area contributed by atoms with Gasteiger partial charge in [-0.15, -0.1) is 0 Å². The molecule has 0 aliphatic heterocycles. The summed E-state index contributed by atoms with van der Waals surface area (Å²) in [5.74, 6) is -0.289. The number of hydrogen-bond donors (Lipinski definition) is 1. The minimum Gasteiger partial charge on any atom is -0.353 e. The van der Waals surface area contributed by atoms with E-state index in [-0.39, 0.29) is 11.7 Å². The van der Waals surface area contributed by atoms with E-state index in [1.807, 2.05) is 0 Å².